The fraction of sp³-hybridized carbons (Fsp3) is 0.222. The minimum absolute atomic E-state index is 0.276. The molecule has 0 saturated heterocycles. The molecule has 2 aromatic carbocycles. The number of hydrogen-bond acceptors (Lipinski definition) is 2. The first-order chi connectivity index (χ1) is 10.2. The normalized spacial score (nSPS) is 21.3. The zero-order valence-corrected chi connectivity index (χ0v) is 12.6. The van der Waals surface area contributed by atoms with Gasteiger partial charge in [0.25, 0.3) is 0 Å². The van der Waals surface area contributed by atoms with Crippen molar-refractivity contribution in [3.05, 3.63) is 77.0 Å². The van der Waals surface area contributed by atoms with E-state index in [0.717, 1.165) is 17.9 Å². The zero-order chi connectivity index (χ0) is 14.7. The summed E-state index contributed by atoms with van der Waals surface area (Å²) in [5.41, 5.74) is 1.28. The summed E-state index contributed by atoms with van der Waals surface area (Å²) in [6.45, 7) is 1.97. The molecule has 3 heteroatoms. The lowest BCUT2D eigenvalue weighted by atomic mass is 9.93. The highest BCUT2D eigenvalue weighted by Crippen LogP contribution is 2.31. The molecule has 0 amide bonds. The molecule has 1 heterocycles. The van der Waals surface area contributed by atoms with Gasteiger partial charge in [-0.2, -0.15) is 0 Å². The summed E-state index contributed by atoms with van der Waals surface area (Å²) < 4.78 is 11.7. The van der Waals surface area contributed by atoms with Crippen LogP contribution in [0.2, 0.25) is 5.02 Å². The van der Waals surface area contributed by atoms with Crippen molar-refractivity contribution in [2.75, 3.05) is 0 Å². The van der Waals surface area contributed by atoms with Crippen molar-refractivity contribution in [1.82, 2.24) is 0 Å². The Labute approximate surface area is 130 Å². The van der Waals surface area contributed by atoms with Crippen LogP contribution in [-0.2, 0) is 4.74 Å². The first kappa shape index (κ1) is 14.0. The van der Waals surface area contributed by atoms with Crippen LogP contribution >= 0.6 is 11.6 Å². The maximum Gasteiger partial charge on any atom is 0.241 e. The third-order valence-corrected chi connectivity index (χ3v) is 3.76. The van der Waals surface area contributed by atoms with Crippen LogP contribution in [0.3, 0.4) is 0 Å². The summed E-state index contributed by atoms with van der Waals surface area (Å²) in [6.07, 6.45) is 2.67. The SMILES string of the molecule is CC1=CC(c2ccccc2)CC(Oc2ccc(Cl)cc2)O1. The molecule has 0 N–H and O–H groups in total. The van der Waals surface area contributed by atoms with E-state index in [-0.39, 0.29) is 6.29 Å². The molecule has 2 nitrogen and oxygen atoms in total. The lowest BCUT2D eigenvalue weighted by Crippen LogP contribution is -2.26. The zero-order valence-electron chi connectivity index (χ0n) is 11.8. The largest absolute Gasteiger partial charge is 0.460 e. The predicted octanol–water partition coefficient (Wildman–Crippen LogP) is 5.15. The third kappa shape index (κ3) is 3.59. The second-order valence-electron chi connectivity index (χ2n) is 5.15. The van der Waals surface area contributed by atoms with Gasteiger partial charge in [0.15, 0.2) is 0 Å². The van der Waals surface area contributed by atoms with E-state index in [9.17, 15) is 0 Å². The van der Waals surface area contributed by atoms with Crippen LogP contribution in [0, 0.1) is 0 Å². The fourth-order valence-electron chi connectivity index (χ4n) is 2.52. The van der Waals surface area contributed by atoms with Gasteiger partial charge >= 0.3 is 0 Å². The summed E-state index contributed by atoms with van der Waals surface area (Å²) >= 11 is 5.88. The first-order valence-corrected chi connectivity index (χ1v) is 7.41. The molecule has 0 fully saturated rings. The summed E-state index contributed by atoms with van der Waals surface area (Å²) in [5, 5.41) is 0.699. The van der Waals surface area contributed by atoms with Gasteiger partial charge < -0.3 is 9.47 Å². The summed E-state index contributed by atoms with van der Waals surface area (Å²) in [6, 6.07) is 17.8. The van der Waals surface area contributed by atoms with Crippen LogP contribution < -0.4 is 4.74 Å². The van der Waals surface area contributed by atoms with Crippen molar-refractivity contribution in [2.45, 2.75) is 25.6 Å². The summed E-state index contributed by atoms with van der Waals surface area (Å²) in [7, 11) is 0. The molecule has 0 spiro atoms. The van der Waals surface area contributed by atoms with Crippen molar-refractivity contribution in [2.24, 2.45) is 0 Å². The van der Waals surface area contributed by atoms with Crippen LogP contribution in [0.4, 0.5) is 0 Å². The summed E-state index contributed by atoms with van der Waals surface area (Å²) in [4.78, 5) is 0. The van der Waals surface area contributed by atoms with Crippen molar-refractivity contribution >= 4 is 11.6 Å². The molecule has 2 atom stereocenters. The average Bonchev–Trinajstić information content (AvgIpc) is 2.50. The molecule has 3 rings (SSSR count). The van der Waals surface area contributed by atoms with E-state index in [4.69, 9.17) is 21.1 Å². The van der Waals surface area contributed by atoms with Crippen molar-refractivity contribution in [3.8, 4) is 5.75 Å². The Morgan fingerprint density at radius 1 is 1.05 bits per heavy atom. The Morgan fingerprint density at radius 2 is 1.76 bits per heavy atom. The first-order valence-electron chi connectivity index (χ1n) is 7.03. The highest BCUT2D eigenvalue weighted by Gasteiger charge is 2.24. The van der Waals surface area contributed by atoms with Crippen LogP contribution in [0.1, 0.15) is 24.8 Å². The molecule has 1 aliphatic heterocycles. The maximum atomic E-state index is 5.91. The van der Waals surface area contributed by atoms with Gasteiger partial charge in [-0.05, 0) is 42.8 Å². The van der Waals surface area contributed by atoms with Crippen LogP contribution in [0.25, 0.3) is 0 Å². The van der Waals surface area contributed by atoms with Crippen LogP contribution in [0.5, 0.6) is 5.75 Å². The van der Waals surface area contributed by atoms with Gasteiger partial charge in [-0.3, -0.25) is 0 Å². The van der Waals surface area contributed by atoms with E-state index in [2.05, 4.69) is 30.3 Å². The maximum absolute atomic E-state index is 5.91. The highest BCUT2D eigenvalue weighted by atomic mass is 35.5. The van der Waals surface area contributed by atoms with Crippen molar-refractivity contribution in [3.63, 3.8) is 0 Å². The monoisotopic (exact) mass is 300 g/mol. The Kier molecular flexibility index (Phi) is 4.16. The Hall–Kier alpha value is -1.93. The van der Waals surface area contributed by atoms with E-state index >= 15 is 0 Å². The van der Waals surface area contributed by atoms with Gasteiger partial charge in [-0.25, -0.2) is 0 Å². The minimum atomic E-state index is -0.276. The van der Waals surface area contributed by atoms with E-state index < -0.39 is 0 Å². The van der Waals surface area contributed by atoms with E-state index in [1.54, 1.807) is 0 Å². The highest BCUT2D eigenvalue weighted by molar-refractivity contribution is 6.30. The van der Waals surface area contributed by atoms with Gasteiger partial charge in [0, 0.05) is 17.4 Å². The second-order valence-corrected chi connectivity index (χ2v) is 5.59. The van der Waals surface area contributed by atoms with Gasteiger partial charge in [0.05, 0.1) is 5.76 Å². The molecule has 0 aromatic heterocycles. The molecular formula is C18H17ClO2. The molecule has 0 aliphatic carbocycles. The van der Waals surface area contributed by atoms with Crippen LogP contribution in [0.15, 0.2) is 66.4 Å². The van der Waals surface area contributed by atoms with Gasteiger partial charge in [0.2, 0.25) is 6.29 Å². The Morgan fingerprint density at radius 3 is 2.48 bits per heavy atom. The molecule has 108 valence electrons. The molecule has 21 heavy (non-hydrogen) atoms. The smallest absolute Gasteiger partial charge is 0.241 e. The number of allylic oxidation sites excluding steroid dienone is 2. The van der Waals surface area contributed by atoms with Crippen molar-refractivity contribution < 1.29 is 9.47 Å². The molecule has 2 aromatic rings. The quantitative estimate of drug-likeness (QED) is 0.780. The molecule has 0 radical (unpaired) electrons. The van der Waals surface area contributed by atoms with E-state index in [0.29, 0.717) is 10.9 Å². The number of ether oxygens (including phenoxy) is 2. The molecule has 0 bridgehead atoms. The van der Waals surface area contributed by atoms with Gasteiger partial charge in [0.1, 0.15) is 5.75 Å². The molecule has 0 saturated carbocycles. The Bertz CT molecular complexity index is 619. The van der Waals surface area contributed by atoms with E-state index in [1.165, 1.54) is 5.56 Å². The van der Waals surface area contributed by atoms with Crippen LogP contribution in [-0.4, -0.2) is 6.29 Å². The number of benzene rings is 2. The fourth-order valence-corrected chi connectivity index (χ4v) is 2.65. The van der Waals surface area contributed by atoms with E-state index in [1.807, 2.05) is 37.3 Å². The van der Waals surface area contributed by atoms with Crippen molar-refractivity contribution in [1.29, 1.82) is 0 Å². The second kappa shape index (κ2) is 6.23. The average molecular weight is 301 g/mol. The summed E-state index contributed by atoms with van der Waals surface area (Å²) in [5.74, 6) is 1.98. The lowest BCUT2D eigenvalue weighted by molar-refractivity contribution is -0.0599. The Balaban J connectivity index is 1.73. The number of hydrogen-bond donors (Lipinski definition) is 0. The third-order valence-electron chi connectivity index (χ3n) is 3.51. The van der Waals surface area contributed by atoms with Gasteiger partial charge in [-0.1, -0.05) is 41.9 Å². The number of rotatable bonds is 3. The minimum Gasteiger partial charge on any atom is -0.460 e. The predicted molar refractivity (Wildman–Crippen MR) is 84.5 cm³/mol. The lowest BCUT2D eigenvalue weighted by Gasteiger charge is -2.29. The topological polar surface area (TPSA) is 18.5 Å². The molecule has 2 unspecified atom stereocenters. The standard InChI is InChI=1S/C18H17ClO2/c1-13-11-15(14-5-3-2-4-6-14)12-18(20-13)21-17-9-7-16(19)8-10-17/h2-11,15,18H,12H2,1H3. The molecular weight excluding hydrogens is 284 g/mol. The molecule has 1 aliphatic rings. The van der Waals surface area contributed by atoms with Gasteiger partial charge in [-0.15, -0.1) is 0 Å². The number of halogens is 1.